The fraction of sp³-hybridized carbons (Fsp3) is 0.265. The number of likely N-dealkylation sites (N-methyl/N-ethyl adjacent to an activating group) is 1. The number of nitrogens with zero attached hydrogens (tertiary/aromatic N) is 5. The fourth-order valence-electron chi connectivity index (χ4n) is 5.79. The maximum atomic E-state index is 13.4. The highest BCUT2D eigenvalue weighted by molar-refractivity contribution is 6.36. The second-order valence-electron chi connectivity index (χ2n) is 11.5. The van der Waals surface area contributed by atoms with Gasteiger partial charge < -0.3 is 29.6 Å². The van der Waals surface area contributed by atoms with E-state index in [1.54, 1.807) is 25.1 Å². The van der Waals surface area contributed by atoms with Crippen LogP contribution in [0, 0.1) is 18.3 Å². The Bertz CT molecular complexity index is 2060. The van der Waals surface area contributed by atoms with E-state index in [4.69, 9.17) is 21.0 Å². The van der Waals surface area contributed by atoms with Crippen LogP contribution in [0.5, 0.6) is 0 Å². The highest BCUT2D eigenvalue weighted by Gasteiger charge is 2.25. The van der Waals surface area contributed by atoms with E-state index < -0.39 is 12.0 Å². The smallest absolute Gasteiger partial charge is 0.320 e. The minimum atomic E-state index is -0.964. The molecule has 11 nitrogen and oxygen atoms in total. The Kier molecular flexibility index (Phi) is 8.35. The van der Waals surface area contributed by atoms with E-state index in [-0.39, 0.29) is 12.5 Å². The third-order valence-electron chi connectivity index (χ3n) is 8.40. The average Bonchev–Trinajstić information content (AvgIpc) is 3.61. The highest BCUT2D eigenvalue weighted by atomic mass is 35.5. The molecule has 0 bridgehead atoms. The number of oxazole rings is 1. The van der Waals surface area contributed by atoms with Crippen molar-refractivity contribution < 1.29 is 19.1 Å². The lowest BCUT2D eigenvalue weighted by atomic mass is 9.96. The molecule has 0 saturated carbocycles. The predicted molar refractivity (Wildman–Crippen MR) is 174 cm³/mol. The maximum absolute atomic E-state index is 13.4. The van der Waals surface area contributed by atoms with Crippen LogP contribution in [0.15, 0.2) is 52.9 Å². The van der Waals surface area contributed by atoms with Gasteiger partial charge in [-0.1, -0.05) is 35.9 Å². The van der Waals surface area contributed by atoms with Gasteiger partial charge in [-0.15, -0.1) is 0 Å². The molecule has 1 amide bonds. The lowest BCUT2D eigenvalue weighted by Gasteiger charge is -2.21. The molecule has 6 rings (SSSR count). The Hall–Kier alpha value is -5.02. The molecule has 0 radical (unpaired) electrons. The number of hydrogen-bond donors (Lipinski definition) is 3. The number of benzene rings is 3. The van der Waals surface area contributed by atoms with Gasteiger partial charge in [0, 0.05) is 49.9 Å². The van der Waals surface area contributed by atoms with Crippen molar-refractivity contribution >= 4 is 40.3 Å². The zero-order chi connectivity index (χ0) is 32.7. The molecule has 5 aromatic rings. The number of fused-ring (bicyclic) bond motifs is 2. The van der Waals surface area contributed by atoms with Crippen LogP contribution in [0.3, 0.4) is 0 Å². The number of carboxylic acids is 1. The highest BCUT2D eigenvalue weighted by Crippen LogP contribution is 2.39. The molecule has 3 N–H and O–H groups in total. The Labute approximate surface area is 270 Å². The van der Waals surface area contributed by atoms with Gasteiger partial charge in [-0.05, 0) is 61.9 Å². The topological polar surface area (TPSA) is 149 Å². The van der Waals surface area contributed by atoms with Gasteiger partial charge in [-0.3, -0.25) is 9.59 Å². The number of imidazole rings is 1. The number of hydrogen-bond acceptors (Lipinski definition) is 8. The summed E-state index contributed by atoms with van der Waals surface area (Å²) in [4.78, 5) is 36.1. The van der Waals surface area contributed by atoms with Gasteiger partial charge in [0.2, 0.25) is 5.89 Å². The van der Waals surface area contributed by atoms with Crippen molar-refractivity contribution in [3.05, 3.63) is 87.5 Å². The standard InChI is InChI=1S/C34H32ClN7O4/c1-18-22(24-9-6-10-25(29(24)35)39-32(43)31-38-27-17-41(3)12-11-28(27)42(31)4)7-5-8-23(18)33-40-26-14-20(16-37-19(2)34(44)45)13-21(15-36)30(26)46-33/h5-10,13-14,19,37H,11-12,16-17H2,1-4H3,(H,39,43)(H,44,45)/t19-/m0/s1. The molecule has 1 atom stereocenters. The Balaban J connectivity index is 1.30. The predicted octanol–water partition coefficient (Wildman–Crippen LogP) is 5.53. The number of aromatic nitrogens is 3. The number of carboxylic acid groups (broad SMARTS) is 1. The Morgan fingerprint density at radius 3 is 2.63 bits per heavy atom. The van der Waals surface area contributed by atoms with Crippen LogP contribution in [0.4, 0.5) is 5.69 Å². The summed E-state index contributed by atoms with van der Waals surface area (Å²) in [6, 6.07) is 16.0. The van der Waals surface area contributed by atoms with Crippen LogP contribution < -0.4 is 10.6 Å². The largest absolute Gasteiger partial charge is 0.480 e. The number of amides is 1. The number of aliphatic carboxylic acids is 1. The van der Waals surface area contributed by atoms with Crippen molar-refractivity contribution in [3.63, 3.8) is 0 Å². The summed E-state index contributed by atoms with van der Waals surface area (Å²) in [5.74, 6) is -0.632. The first kappa shape index (κ1) is 31.0. The van der Waals surface area contributed by atoms with Crippen LogP contribution in [0.25, 0.3) is 33.7 Å². The summed E-state index contributed by atoms with van der Waals surface area (Å²) in [5, 5.41) is 25.3. The van der Waals surface area contributed by atoms with Crippen molar-refractivity contribution in [2.45, 2.75) is 39.4 Å². The summed E-state index contributed by atoms with van der Waals surface area (Å²) >= 11 is 6.93. The third-order valence-corrected chi connectivity index (χ3v) is 8.81. The molecule has 46 heavy (non-hydrogen) atoms. The summed E-state index contributed by atoms with van der Waals surface area (Å²) in [5.41, 5.74) is 7.40. The van der Waals surface area contributed by atoms with Crippen molar-refractivity contribution in [1.29, 1.82) is 5.26 Å². The lowest BCUT2D eigenvalue weighted by molar-refractivity contribution is -0.139. The molecule has 3 heterocycles. The second kappa shape index (κ2) is 12.4. The molecule has 234 valence electrons. The molecule has 0 unspecified atom stereocenters. The van der Waals surface area contributed by atoms with Crippen molar-refractivity contribution in [2.75, 3.05) is 18.9 Å². The number of nitriles is 1. The van der Waals surface area contributed by atoms with Gasteiger partial charge in [0.05, 0.1) is 22.0 Å². The van der Waals surface area contributed by atoms with Crippen LogP contribution in [-0.2, 0) is 31.4 Å². The van der Waals surface area contributed by atoms with Crippen LogP contribution in [0.1, 0.15) is 45.6 Å². The summed E-state index contributed by atoms with van der Waals surface area (Å²) < 4.78 is 7.98. The second-order valence-corrected chi connectivity index (χ2v) is 11.9. The van der Waals surface area contributed by atoms with E-state index in [0.717, 1.165) is 35.5 Å². The summed E-state index contributed by atoms with van der Waals surface area (Å²) in [6.45, 7) is 5.35. The van der Waals surface area contributed by atoms with Crippen LogP contribution >= 0.6 is 11.6 Å². The van der Waals surface area contributed by atoms with E-state index in [0.29, 0.717) is 62.3 Å². The van der Waals surface area contributed by atoms with Gasteiger partial charge in [0.25, 0.3) is 5.91 Å². The molecule has 2 aromatic heterocycles. The van der Waals surface area contributed by atoms with Crippen molar-refractivity contribution in [1.82, 2.24) is 24.8 Å². The van der Waals surface area contributed by atoms with E-state index in [9.17, 15) is 20.0 Å². The molecular weight excluding hydrogens is 606 g/mol. The van der Waals surface area contributed by atoms with Crippen LogP contribution in [0.2, 0.25) is 5.02 Å². The first-order chi connectivity index (χ1) is 22.0. The fourth-order valence-corrected chi connectivity index (χ4v) is 6.06. The first-order valence-corrected chi connectivity index (χ1v) is 15.2. The van der Waals surface area contributed by atoms with Gasteiger partial charge in [0.15, 0.2) is 11.4 Å². The lowest BCUT2D eigenvalue weighted by Crippen LogP contribution is -2.33. The molecule has 1 aliphatic heterocycles. The quantitative estimate of drug-likeness (QED) is 0.200. The average molecular weight is 638 g/mol. The molecule has 12 heteroatoms. The Morgan fingerprint density at radius 2 is 1.87 bits per heavy atom. The van der Waals surface area contributed by atoms with E-state index >= 15 is 0 Å². The number of carbonyl (C=O) groups is 2. The molecule has 3 aromatic carbocycles. The van der Waals surface area contributed by atoms with Gasteiger partial charge in [-0.25, -0.2) is 9.97 Å². The van der Waals surface area contributed by atoms with Crippen molar-refractivity contribution in [3.8, 4) is 28.7 Å². The molecule has 1 aliphatic rings. The monoisotopic (exact) mass is 637 g/mol. The maximum Gasteiger partial charge on any atom is 0.320 e. The minimum absolute atomic E-state index is 0.250. The van der Waals surface area contributed by atoms with Gasteiger partial charge in [-0.2, -0.15) is 5.26 Å². The molecule has 0 fully saturated rings. The number of carbonyl (C=O) groups excluding carboxylic acids is 1. The molecular formula is C34H32ClN7O4. The van der Waals surface area contributed by atoms with E-state index in [1.807, 2.05) is 55.9 Å². The summed E-state index contributed by atoms with van der Waals surface area (Å²) in [7, 11) is 3.90. The SMILES string of the molecule is Cc1c(-c2nc3cc(CN[C@@H](C)C(=O)O)cc(C#N)c3o2)cccc1-c1cccc(NC(=O)c2nc3c(n2C)CCN(C)C3)c1Cl. The van der Waals surface area contributed by atoms with Gasteiger partial charge in [0.1, 0.15) is 17.6 Å². The number of anilines is 1. The molecule has 0 aliphatic carbocycles. The number of rotatable bonds is 8. The first-order valence-electron chi connectivity index (χ1n) is 14.8. The van der Waals surface area contributed by atoms with E-state index in [2.05, 4.69) is 26.6 Å². The van der Waals surface area contributed by atoms with E-state index in [1.165, 1.54) is 0 Å². The molecule has 0 saturated heterocycles. The third kappa shape index (κ3) is 5.74. The zero-order valence-electron chi connectivity index (χ0n) is 25.8. The minimum Gasteiger partial charge on any atom is -0.480 e. The van der Waals surface area contributed by atoms with Crippen LogP contribution in [-0.4, -0.2) is 56.1 Å². The van der Waals surface area contributed by atoms with Crippen molar-refractivity contribution in [2.24, 2.45) is 7.05 Å². The number of nitrogens with one attached hydrogen (secondary N) is 2. The Morgan fingerprint density at radius 1 is 1.13 bits per heavy atom. The molecule has 0 spiro atoms. The van der Waals surface area contributed by atoms with Gasteiger partial charge >= 0.3 is 5.97 Å². The summed E-state index contributed by atoms with van der Waals surface area (Å²) in [6.07, 6.45) is 0.830. The number of halogens is 1. The normalized spacial score (nSPS) is 13.7. The zero-order valence-corrected chi connectivity index (χ0v) is 26.6.